The third-order valence-corrected chi connectivity index (χ3v) is 17.9. The van der Waals surface area contributed by atoms with Crippen LogP contribution in [0.3, 0.4) is 0 Å². The van der Waals surface area contributed by atoms with Crippen LogP contribution in [0.2, 0.25) is 0 Å². The normalized spacial score (nSPS) is 12.9. The molecular weight excluding hydrogens is 1120 g/mol. The fourth-order valence-corrected chi connectivity index (χ4v) is 12.9. The van der Waals surface area contributed by atoms with Crippen LogP contribution in [-0.4, -0.2) is 208 Å². The number of rotatable bonds is 33. The van der Waals surface area contributed by atoms with Gasteiger partial charge in [-0.3, -0.25) is 47.9 Å². The fraction of sp³-hybridized carbons (Fsp3) is 0.453. The van der Waals surface area contributed by atoms with Crippen molar-refractivity contribution in [3.05, 3.63) is 94.7 Å². The molecule has 0 aliphatic carbocycles. The summed E-state index contributed by atoms with van der Waals surface area (Å²) in [4.78, 5) is 142. The molecule has 3 rings (SSSR count). The number of benzene rings is 2. The van der Waals surface area contributed by atoms with Gasteiger partial charge in [-0.1, -0.05) is 105 Å². The second kappa shape index (κ2) is 35.2. The molecule has 3 aromatic rings. The van der Waals surface area contributed by atoms with Gasteiger partial charge in [0.05, 0.1) is 18.6 Å². The molecule has 0 fully saturated rings. The summed E-state index contributed by atoms with van der Waals surface area (Å²) in [6.07, 6.45) is 8.21. The number of para-hydroxylation sites is 1. The van der Waals surface area contributed by atoms with Crippen LogP contribution in [0.1, 0.15) is 42.4 Å². The molecule has 78 heavy (non-hydrogen) atoms. The van der Waals surface area contributed by atoms with E-state index >= 15 is 0 Å². The number of hydrogen-bond donors (Lipinski definition) is 4. The van der Waals surface area contributed by atoms with Gasteiger partial charge in [0.1, 0.15) is 29.9 Å². The molecule has 0 aliphatic rings. The van der Waals surface area contributed by atoms with Crippen LogP contribution in [0, 0.1) is 6.92 Å². The Morgan fingerprint density at radius 2 is 1.36 bits per heavy atom. The average Bonchev–Trinajstić information content (AvgIpc) is 3.44. The highest BCUT2D eigenvalue weighted by Gasteiger charge is 2.36. The fourth-order valence-electron chi connectivity index (χ4n) is 7.07. The van der Waals surface area contributed by atoms with Crippen LogP contribution in [-0.2, 0) is 43.2 Å². The van der Waals surface area contributed by atoms with E-state index in [0.29, 0.717) is 36.2 Å². The lowest BCUT2D eigenvalue weighted by Crippen LogP contribution is -2.56. The second-order valence-corrected chi connectivity index (χ2v) is 24.5. The lowest BCUT2D eigenvalue weighted by Gasteiger charge is -2.34. The molecule has 5 atom stereocenters. The number of aryl methyl sites for hydroxylation is 1. The van der Waals surface area contributed by atoms with Crippen LogP contribution < -0.4 is 21.3 Å². The zero-order valence-electron chi connectivity index (χ0n) is 45.6. The quantitative estimate of drug-likeness (QED) is 0.0219. The van der Waals surface area contributed by atoms with E-state index in [4.69, 9.17) is 0 Å². The summed E-state index contributed by atoms with van der Waals surface area (Å²) in [5.74, 6) is -2.51. The minimum absolute atomic E-state index is 0.00226. The molecule has 0 radical (unpaired) electrons. The summed E-state index contributed by atoms with van der Waals surface area (Å²) in [6.45, 7) is 6.98. The van der Waals surface area contributed by atoms with Crippen molar-refractivity contribution in [2.45, 2.75) is 57.9 Å². The van der Waals surface area contributed by atoms with E-state index in [1.54, 1.807) is 50.8 Å². The van der Waals surface area contributed by atoms with Crippen LogP contribution in [0.25, 0.3) is 17.0 Å². The van der Waals surface area contributed by atoms with Crippen molar-refractivity contribution in [3.63, 3.8) is 0 Å². The number of nitrogens with zero attached hydrogens (tertiary/aromatic N) is 5. The number of pyridine rings is 1. The summed E-state index contributed by atoms with van der Waals surface area (Å²) < 4.78 is 0. The Hall–Kier alpha value is -5.47. The first kappa shape index (κ1) is 66.8. The van der Waals surface area contributed by atoms with Crippen molar-refractivity contribution in [1.82, 2.24) is 45.9 Å². The number of nitrogens with one attached hydrogen (secondary N) is 4. The highest BCUT2D eigenvalue weighted by atomic mass is 33.1. The van der Waals surface area contributed by atoms with Crippen LogP contribution in [0.5, 0.6) is 0 Å². The molecule has 0 spiro atoms. The summed E-state index contributed by atoms with van der Waals surface area (Å²) in [5.41, 5.74) is 3.88. The summed E-state index contributed by atoms with van der Waals surface area (Å²) in [6, 6.07) is 13.4. The molecule has 19 nitrogen and oxygen atoms in total. The van der Waals surface area contributed by atoms with E-state index in [9.17, 15) is 47.9 Å². The Balaban J connectivity index is 1.83. The Bertz CT molecular complexity index is 2640. The lowest BCUT2D eigenvalue weighted by molar-refractivity contribution is -0.144. The largest absolute Gasteiger partial charge is 0.350 e. The molecule has 424 valence electrons. The molecule has 8 amide bonds. The summed E-state index contributed by atoms with van der Waals surface area (Å²) in [7, 11) is 8.54. The van der Waals surface area contributed by atoms with Gasteiger partial charge in [-0.05, 0) is 69.5 Å². The topological polar surface area (TPSA) is 245 Å². The Kier molecular flexibility index (Phi) is 30.2. The minimum atomic E-state index is -1.37. The molecule has 1 aromatic heterocycles. The number of allylic oxidation sites excluding steroid dienone is 1. The molecule has 4 N–H and O–H groups in total. The Labute approximate surface area is 482 Å². The van der Waals surface area contributed by atoms with Crippen molar-refractivity contribution >= 4 is 144 Å². The van der Waals surface area contributed by atoms with Gasteiger partial charge in [0.2, 0.25) is 46.7 Å². The third kappa shape index (κ3) is 21.6. The van der Waals surface area contributed by atoms with Gasteiger partial charge in [0.25, 0.3) is 11.8 Å². The molecule has 0 saturated heterocycles. The number of amides is 8. The van der Waals surface area contributed by atoms with Crippen LogP contribution in [0.4, 0.5) is 0 Å². The van der Waals surface area contributed by atoms with E-state index in [1.165, 1.54) is 91.9 Å². The van der Waals surface area contributed by atoms with Gasteiger partial charge in [-0.2, -0.15) is 23.5 Å². The van der Waals surface area contributed by atoms with E-state index < -0.39 is 65.5 Å². The average molecular weight is 1190 g/mol. The maximum atomic E-state index is 14.7. The predicted octanol–water partition coefficient (Wildman–Crippen LogP) is 4.25. The second-order valence-electron chi connectivity index (χ2n) is 18.0. The highest BCUT2D eigenvalue weighted by Crippen LogP contribution is 2.26. The maximum Gasteiger partial charge on any atom is 0.270 e. The van der Waals surface area contributed by atoms with Crippen molar-refractivity contribution in [1.29, 1.82) is 0 Å². The first-order valence-electron chi connectivity index (χ1n) is 24.5. The van der Waals surface area contributed by atoms with Crippen molar-refractivity contribution in [2.75, 3.05) is 94.9 Å². The Morgan fingerprint density at radius 3 is 2.03 bits per heavy atom. The van der Waals surface area contributed by atoms with Gasteiger partial charge >= 0.3 is 0 Å². The number of fused-ring (bicyclic) bond motifs is 1. The number of likely N-dealkylation sites (N-methyl/N-ethyl adjacent to an activating group) is 4. The summed E-state index contributed by atoms with van der Waals surface area (Å²) in [5, 5.41) is 10.6. The van der Waals surface area contributed by atoms with Crippen molar-refractivity contribution < 1.29 is 47.9 Å². The molecule has 0 saturated carbocycles. The smallest absolute Gasteiger partial charge is 0.270 e. The third-order valence-electron chi connectivity index (χ3n) is 11.9. The molecule has 1 unspecified atom stereocenters. The van der Waals surface area contributed by atoms with Gasteiger partial charge < -0.3 is 40.9 Å². The van der Waals surface area contributed by atoms with Gasteiger partial charge in [0.15, 0.2) is 0 Å². The molecule has 2 aromatic carbocycles. The molecule has 0 aliphatic heterocycles. The maximum absolute atomic E-state index is 14.7. The number of carbonyl (C=O) groups excluding carboxylic acids is 10. The van der Waals surface area contributed by atoms with E-state index in [1.807, 2.05) is 63.2 Å². The SMILES string of the molecule is CSC[C@@H](C(=O)SC[C@@H](NC(=O)c1ccc2ccccc2n1)C(=O)NCC(=O)N(C)C(CSSCCN(C)C(=O)CNC=O)C(=O)N(C)[C@@H](CSC)C(=O)SC[C@H](C)NC(=O)C(/C=C\c1ccccc1C)=C(C)C)N(C)C=O. The van der Waals surface area contributed by atoms with Gasteiger partial charge in [-0.25, -0.2) is 4.98 Å². The van der Waals surface area contributed by atoms with Crippen LogP contribution in [0.15, 0.2) is 77.9 Å². The number of thioether (sulfide) groups is 4. The van der Waals surface area contributed by atoms with E-state index in [-0.39, 0.29) is 57.9 Å². The van der Waals surface area contributed by atoms with Crippen molar-refractivity contribution in [3.8, 4) is 0 Å². The standard InChI is InChI=1S/C53H71N9O10S6/c1-34(2)39(21-19-37-16-12-11-15-35(37)3)48(67)56-36(4)27-75-53(72)45(30-74-10)62(8)51(70)43(31-78-77-24-23-59(5)46(65)25-54-32-63)61(7)47(66)26-55-49(68)42(28-76-52(71)44(29-73-9)60(6)33-64)58-50(69)41-22-20-38-17-13-14-18-40(38)57-41/h11-22,32-33,36,42-45H,23-31H2,1-10H3,(H,54,63)(H,55,68)(H,56,67)(H,58,69)/b21-19-/t36-,42+,43?,44-,45-/m0/s1. The minimum Gasteiger partial charge on any atom is -0.350 e. The van der Waals surface area contributed by atoms with Gasteiger partial charge in [0, 0.05) is 86.3 Å². The van der Waals surface area contributed by atoms with E-state index in [2.05, 4.69) is 26.3 Å². The molecule has 1 heterocycles. The molecular formula is C53H71N9O10S6. The number of carbonyl (C=O) groups is 10. The summed E-state index contributed by atoms with van der Waals surface area (Å²) >= 11 is 4.42. The predicted molar refractivity (Wildman–Crippen MR) is 321 cm³/mol. The van der Waals surface area contributed by atoms with Gasteiger partial charge in [-0.15, -0.1) is 0 Å². The zero-order valence-corrected chi connectivity index (χ0v) is 50.5. The number of hydrogen-bond acceptors (Lipinski definition) is 17. The lowest BCUT2D eigenvalue weighted by atomic mass is 10.0. The van der Waals surface area contributed by atoms with Crippen LogP contribution >= 0.6 is 68.6 Å². The molecule has 25 heteroatoms. The first-order valence-corrected chi connectivity index (χ1v) is 31.8. The molecule has 0 bridgehead atoms. The zero-order chi connectivity index (χ0) is 57.9. The highest BCUT2D eigenvalue weighted by molar-refractivity contribution is 8.76. The first-order chi connectivity index (χ1) is 37.2. The number of aromatic nitrogens is 1. The van der Waals surface area contributed by atoms with Crippen molar-refractivity contribution in [2.24, 2.45) is 0 Å². The van der Waals surface area contributed by atoms with E-state index in [0.717, 1.165) is 45.6 Å². The monoisotopic (exact) mass is 1190 g/mol. The Morgan fingerprint density at radius 1 is 0.705 bits per heavy atom.